The smallest absolute Gasteiger partial charge is 0.407 e. The summed E-state index contributed by atoms with van der Waals surface area (Å²) in [6.45, 7) is 14.3. The topological polar surface area (TPSA) is 103 Å². The van der Waals surface area contributed by atoms with Crippen molar-refractivity contribution in [2.45, 2.75) is 104 Å². The molecule has 1 rings (SSSR count). The summed E-state index contributed by atoms with van der Waals surface area (Å²) in [5.41, 5.74) is 5.25. The van der Waals surface area contributed by atoms with Gasteiger partial charge in [0.05, 0.1) is 0 Å². The molecule has 2 amide bonds. The summed E-state index contributed by atoms with van der Waals surface area (Å²) in [6.07, 6.45) is 5.31. The zero-order valence-corrected chi connectivity index (χ0v) is 19.5. The van der Waals surface area contributed by atoms with Crippen molar-refractivity contribution >= 4 is 12.2 Å². The molecule has 29 heavy (non-hydrogen) atoms. The zero-order chi connectivity index (χ0) is 22.3. The summed E-state index contributed by atoms with van der Waals surface area (Å²) in [4.78, 5) is 24.1. The fourth-order valence-corrected chi connectivity index (χ4v) is 3.94. The molecule has 7 nitrogen and oxygen atoms in total. The molecule has 1 fully saturated rings. The van der Waals surface area contributed by atoms with Crippen molar-refractivity contribution in [2.24, 2.45) is 17.1 Å². The summed E-state index contributed by atoms with van der Waals surface area (Å²) in [6, 6.07) is -0.0221. The first kappa shape index (κ1) is 25.5. The lowest BCUT2D eigenvalue weighted by Gasteiger charge is -2.45. The highest BCUT2D eigenvalue weighted by Crippen LogP contribution is 2.49. The molecular weight excluding hydrogens is 370 g/mol. The van der Waals surface area contributed by atoms with Gasteiger partial charge in [0.25, 0.3) is 0 Å². The van der Waals surface area contributed by atoms with E-state index >= 15 is 0 Å². The number of nitrogens with two attached hydrogens (primary N) is 1. The molecule has 1 aliphatic carbocycles. The number of alkyl carbamates (subject to hydrolysis) is 2. The summed E-state index contributed by atoms with van der Waals surface area (Å²) in [7, 11) is 0. The van der Waals surface area contributed by atoms with Crippen molar-refractivity contribution in [3.63, 3.8) is 0 Å². The molecule has 0 aromatic heterocycles. The molecule has 0 aromatic rings. The van der Waals surface area contributed by atoms with E-state index in [9.17, 15) is 9.59 Å². The van der Waals surface area contributed by atoms with Crippen LogP contribution in [0.5, 0.6) is 0 Å². The van der Waals surface area contributed by atoms with Gasteiger partial charge >= 0.3 is 12.2 Å². The van der Waals surface area contributed by atoms with Crippen LogP contribution >= 0.6 is 0 Å². The number of nitrogens with one attached hydrogen (secondary N) is 2. The predicted molar refractivity (Wildman–Crippen MR) is 116 cm³/mol. The molecule has 0 bridgehead atoms. The zero-order valence-electron chi connectivity index (χ0n) is 19.5. The van der Waals surface area contributed by atoms with Crippen molar-refractivity contribution < 1.29 is 19.1 Å². The minimum atomic E-state index is -0.525. The summed E-state index contributed by atoms with van der Waals surface area (Å²) < 4.78 is 10.7. The molecule has 7 heteroatoms. The molecule has 170 valence electrons. The Bertz CT molecular complexity index is 533. The van der Waals surface area contributed by atoms with Gasteiger partial charge in [-0.2, -0.15) is 0 Å². The summed E-state index contributed by atoms with van der Waals surface area (Å²) in [5.74, 6) is 0.175. The summed E-state index contributed by atoms with van der Waals surface area (Å²) in [5, 5.41) is 5.89. The van der Waals surface area contributed by atoms with Crippen molar-refractivity contribution in [3.05, 3.63) is 0 Å². The lowest BCUT2D eigenvalue weighted by molar-refractivity contribution is 0.0388. The lowest BCUT2D eigenvalue weighted by atomic mass is 9.61. The van der Waals surface area contributed by atoms with Gasteiger partial charge in [-0.3, -0.25) is 0 Å². The van der Waals surface area contributed by atoms with E-state index in [4.69, 9.17) is 15.2 Å². The number of hydrogen-bond donors (Lipinski definition) is 3. The third-order valence-electron chi connectivity index (χ3n) is 5.45. The monoisotopic (exact) mass is 413 g/mol. The van der Waals surface area contributed by atoms with Crippen LogP contribution in [0.1, 0.15) is 87.0 Å². The minimum absolute atomic E-state index is 0.0221. The molecule has 0 heterocycles. The molecule has 4 N–H and O–H groups in total. The van der Waals surface area contributed by atoms with E-state index in [1.807, 2.05) is 41.5 Å². The van der Waals surface area contributed by atoms with E-state index in [1.54, 1.807) is 0 Å². The van der Waals surface area contributed by atoms with Crippen LogP contribution in [0.15, 0.2) is 0 Å². The van der Waals surface area contributed by atoms with Crippen LogP contribution < -0.4 is 16.4 Å². The molecular formula is C22H43N3O4. The molecule has 0 aromatic carbocycles. The standard InChI is InChI=1S/C22H43N3O4/c1-8-17(25-19(27)29-21(5,6)7)16(15-23)14-22(10-9-11-22)12-13-24-18(26)28-20(2,3)4/h16-17H,8-15,23H2,1-7H3,(H,24,26)(H,25,27)/t16?,17-/m1/s1. The number of ether oxygens (including phenoxy) is 2. The van der Waals surface area contributed by atoms with Gasteiger partial charge in [-0.15, -0.1) is 0 Å². The van der Waals surface area contributed by atoms with Gasteiger partial charge in [-0.25, -0.2) is 9.59 Å². The van der Waals surface area contributed by atoms with Gasteiger partial charge in [0.1, 0.15) is 11.2 Å². The maximum absolute atomic E-state index is 12.2. The number of carbonyl (C=O) groups is 2. The Morgan fingerprint density at radius 2 is 1.59 bits per heavy atom. The van der Waals surface area contributed by atoms with E-state index in [1.165, 1.54) is 6.42 Å². The van der Waals surface area contributed by atoms with Gasteiger partial charge in [-0.1, -0.05) is 13.3 Å². The molecule has 1 saturated carbocycles. The van der Waals surface area contributed by atoms with Gasteiger partial charge in [-0.05, 0) is 91.5 Å². The highest BCUT2D eigenvalue weighted by atomic mass is 16.6. The molecule has 0 radical (unpaired) electrons. The van der Waals surface area contributed by atoms with Gasteiger partial charge in [0, 0.05) is 12.6 Å². The molecule has 0 spiro atoms. The summed E-state index contributed by atoms with van der Waals surface area (Å²) >= 11 is 0. The molecule has 1 unspecified atom stereocenters. The molecule has 2 atom stereocenters. The van der Waals surface area contributed by atoms with E-state index in [0.717, 1.165) is 32.1 Å². The fourth-order valence-electron chi connectivity index (χ4n) is 3.94. The first-order chi connectivity index (χ1) is 13.3. The highest BCUT2D eigenvalue weighted by molar-refractivity contribution is 5.68. The van der Waals surface area contributed by atoms with Crippen molar-refractivity contribution in [2.75, 3.05) is 13.1 Å². The van der Waals surface area contributed by atoms with Crippen LogP contribution in [0.4, 0.5) is 9.59 Å². The Morgan fingerprint density at radius 1 is 1.03 bits per heavy atom. The Kier molecular flexibility index (Phi) is 9.25. The maximum atomic E-state index is 12.2. The number of rotatable bonds is 9. The highest BCUT2D eigenvalue weighted by Gasteiger charge is 2.40. The van der Waals surface area contributed by atoms with Crippen molar-refractivity contribution in [1.29, 1.82) is 0 Å². The number of carbonyl (C=O) groups excluding carboxylic acids is 2. The Balaban J connectivity index is 2.61. The first-order valence-corrected chi connectivity index (χ1v) is 11.0. The van der Waals surface area contributed by atoms with E-state index < -0.39 is 17.3 Å². The number of amides is 2. The first-order valence-electron chi connectivity index (χ1n) is 11.0. The third kappa shape index (κ3) is 9.70. The van der Waals surface area contributed by atoms with E-state index in [0.29, 0.717) is 13.1 Å². The second-order valence-electron chi connectivity index (χ2n) is 10.4. The van der Waals surface area contributed by atoms with Crippen LogP contribution in [0, 0.1) is 11.3 Å². The second-order valence-corrected chi connectivity index (χ2v) is 10.4. The van der Waals surface area contributed by atoms with Crippen LogP contribution in [-0.4, -0.2) is 42.5 Å². The van der Waals surface area contributed by atoms with Crippen LogP contribution in [0.3, 0.4) is 0 Å². The second kappa shape index (κ2) is 10.5. The van der Waals surface area contributed by atoms with E-state index in [-0.39, 0.29) is 23.5 Å². The normalized spacial score (nSPS) is 18.2. The maximum Gasteiger partial charge on any atom is 0.407 e. The van der Waals surface area contributed by atoms with Crippen LogP contribution in [0.2, 0.25) is 0 Å². The Hall–Kier alpha value is -1.50. The van der Waals surface area contributed by atoms with Gasteiger partial charge < -0.3 is 25.8 Å². The van der Waals surface area contributed by atoms with Crippen LogP contribution in [-0.2, 0) is 9.47 Å². The SMILES string of the molecule is CC[C@@H](NC(=O)OC(C)(C)C)C(CN)CC1(CCNC(=O)OC(C)(C)C)CCC1. The van der Waals surface area contributed by atoms with Crippen molar-refractivity contribution in [1.82, 2.24) is 10.6 Å². The quantitative estimate of drug-likeness (QED) is 0.522. The predicted octanol–water partition coefficient (Wildman–Crippen LogP) is 4.34. The Labute approximate surface area is 176 Å². The largest absolute Gasteiger partial charge is 0.444 e. The van der Waals surface area contributed by atoms with Gasteiger partial charge in [0.15, 0.2) is 0 Å². The third-order valence-corrected chi connectivity index (χ3v) is 5.45. The molecule has 0 saturated heterocycles. The average Bonchev–Trinajstić information content (AvgIpc) is 2.51. The average molecular weight is 414 g/mol. The van der Waals surface area contributed by atoms with Gasteiger partial charge in [0.2, 0.25) is 0 Å². The number of hydrogen-bond acceptors (Lipinski definition) is 5. The Morgan fingerprint density at radius 3 is 2.00 bits per heavy atom. The van der Waals surface area contributed by atoms with E-state index in [2.05, 4.69) is 17.6 Å². The lowest BCUT2D eigenvalue weighted by Crippen LogP contribution is -2.48. The minimum Gasteiger partial charge on any atom is -0.444 e. The molecule has 1 aliphatic rings. The molecule has 0 aliphatic heterocycles. The fraction of sp³-hybridized carbons (Fsp3) is 0.909. The van der Waals surface area contributed by atoms with Crippen LogP contribution in [0.25, 0.3) is 0 Å². The van der Waals surface area contributed by atoms with Crippen molar-refractivity contribution in [3.8, 4) is 0 Å².